The molecule has 2 unspecified atom stereocenters. The predicted octanol–water partition coefficient (Wildman–Crippen LogP) is 3.96. The summed E-state index contributed by atoms with van der Waals surface area (Å²) in [5.41, 5.74) is 7.66. The van der Waals surface area contributed by atoms with Crippen molar-refractivity contribution in [2.75, 3.05) is 17.3 Å². The van der Waals surface area contributed by atoms with Crippen molar-refractivity contribution in [3.05, 3.63) is 18.2 Å². The topological polar surface area (TPSA) is 50.9 Å². The minimum Gasteiger partial charge on any atom is -0.399 e. The molecule has 1 fully saturated rings. The van der Waals surface area contributed by atoms with Crippen molar-refractivity contribution in [3.8, 4) is 0 Å². The van der Waals surface area contributed by atoms with Crippen LogP contribution < -0.4 is 11.1 Å². The van der Waals surface area contributed by atoms with Crippen molar-refractivity contribution in [1.29, 1.82) is 0 Å². The standard InChI is InChI=1S/C14H19N3S2/c1-18-11-4-2-3-10(8-11)16-14-17-12-6-5-9(15)7-13(12)19-14/h5-7,10-11H,2-4,8,15H2,1H3,(H,16,17). The molecule has 3 nitrogen and oxygen atoms in total. The van der Waals surface area contributed by atoms with E-state index < -0.39 is 0 Å². The molecule has 1 aliphatic rings. The Morgan fingerprint density at radius 2 is 2.32 bits per heavy atom. The highest BCUT2D eigenvalue weighted by Crippen LogP contribution is 2.32. The molecule has 1 aromatic carbocycles. The third kappa shape index (κ3) is 2.98. The van der Waals surface area contributed by atoms with E-state index in [0.717, 1.165) is 21.6 Å². The summed E-state index contributed by atoms with van der Waals surface area (Å²) in [5.74, 6) is 0. The monoisotopic (exact) mass is 293 g/mol. The first-order valence-corrected chi connectivity index (χ1v) is 8.80. The van der Waals surface area contributed by atoms with Gasteiger partial charge in [0.05, 0.1) is 10.2 Å². The molecule has 2 aromatic rings. The molecule has 0 amide bonds. The van der Waals surface area contributed by atoms with Crippen LogP contribution in [0.25, 0.3) is 10.2 Å². The molecule has 0 saturated heterocycles. The van der Waals surface area contributed by atoms with Gasteiger partial charge in [-0.25, -0.2) is 4.98 Å². The number of fused-ring (bicyclic) bond motifs is 1. The number of nitrogens with zero attached hydrogens (tertiary/aromatic N) is 1. The Hall–Kier alpha value is -0.940. The van der Waals surface area contributed by atoms with Crippen LogP contribution >= 0.6 is 23.1 Å². The molecule has 5 heteroatoms. The first kappa shape index (κ1) is 13.1. The molecule has 19 heavy (non-hydrogen) atoms. The molecule has 3 rings (SSSR count). The number of thioether (sulfide) groups is 1. The summed E-state index contributed by atoms with van der Waals surface area (Å²) in [6.07, 6.45) is 7.40. The average Bonchev–Trinajstić information content (AvgIpc) is 2.80. The van der Waals surface area contributed by atoms with Gasteiger partial charge in [-0.2, -0.15) is 11.8 Å². The van der Waals surface area contributed by atoms with E-state index in [4.69, 9.17) is 5.73 Å². The minimum atomic E-state index is 0.573. The van der Waals surface area contributed by atoms with Gasteiger partial charge in [0.1, 0.15) is 0 Å². The molecule has 0 radical (unpaired) electrons. The smallest absolute Gasteiger partial charge is 0.184 e. The van der Waals surface area contributed by atoms with Crippen LogP contribution in [-0.4, -0.2) is 22.5 Å². The number of thiazole rings is 1. The van der Waals surface area contributed by atoms with Crippen LogP contribution in [0.5, 0.6) is 0 Å². The van der Waals surface area contributed by atoms with E-state index in [2.05, 4.69) is 16.6 Å². The van der Waals surface area contributed by atoms with Gasteiger partial charge in [-0.15, -0.1) is 0 Å². The molecular formula is C14H19N3S2. The minimum absolute atomic E-state index is 0.573. The molecule has 0 bridgehead atoms. The Morgan fingerprint density at radius 1 is 1.42 bits per heavy atom. The zero-order valence-corrected chi connectivity index (χ0v) is 12.7. The number of hydrogen-bond acceptors (Lipinski definition) is 5. The SMILES string of the molecule is CSC1CCCC(Nc2nc3ccc(N)cc3s2)C1. The molecule has 3 N–H and O–H groups in total. The fraction of sp³-hybridized carbons (Fsp3) is 0.500. The predicted molar refractivity (Wildman–Crippen MR) is 87.2 cm³/mol. The zero-order valence-electron chi connectivity index (χ0n) is 11.1. The van der Waals surface area contributed by atoms with Crippen LogP contribution in [0.3, 0.4) is 0 Å². The quantitative estimate of drug-likeness (QED) is 0.841. The second-order valence-corrected chi connectivity index (χ2v) is 7.28. The fourth-order valence-electron chi connectivity index (χ4n) is 2.67. The number of anilines is 2. The van der Waals surface area contributed by atoms with E-state index >= 15 is 0 Å². The highest BCUT2D eigenvalue weighted by molar-refractivity contribution is 7.99. The van der Waals surface area contributed by atoms with Crippen molar-refractivity contribution in [2.45, 2.75) is 37.0 Å². The summed E-state index contributed by atoms with van der Waals surface area (Å²) in [6, 6.07) is 6.49. The third-order valence-electron chi connectivity index (χ3n) is 3.70. The van der Waals surface area contributed by atoms with Gasteiger partial charge in [0.25, 0.3) is 0 Å². The van der Waals surface area contributed by atoms with Gasteiger partial charge in [0, 0.05) is 17.0 Å². The zero-order chi connectivity index (χ0) is 13.2. The van der Waals surface area contributed by atoms with E-state index in [1.54, 1.807) is 11.3 Å². The molecule has 1 aliphatic carbocycles. The Morgan fingerprint density at radius 3 is 3.16 bits per heavy atom. The Bertz CT molecular complexity index is 567. The van der Waals surface area contributed by atoms with Gasteiger partial charge < -0.3 is 11.1 Å². The summed E-state index contributed by atoms with van der Waals surface area (Å²) in [7, 11) is 0. The number of nitrogen functional groups attached to an aromatic ring is 1. The average molecular weight is 293 g/mol. The van der Waals surface area contributed by atoms with Crippen LogP contribution in [0.15, 0.2) is 18.2 Å². The molecule has 0 aliphatic heterocycles. The molecule has 102 valence electrons. The van der Waals surface area contributed by atoms with Gasteiger partial charge in [-0.05, 0) is 43.7 Å². The summed E-state index contributed by atoms with van der Waals surface area (Å²) in [4.78, 5) is 4.64. The number of aromatic nitrogens is 1. The molecule has 1 saturated carbocycles. The molecular weight excluding hydrogens is 274 g/mol. The Kier molecular flexibility index (Phi) is 3.84. The number of benzene rings is 1. The summed E-state index contributed by atoms with van der Waals surface area (Å²) < 4.78 is 1.17. The van der Waals surface area contributed by atoms with Crippen molar-refractivity contribution in [1.82, 2.24) is 4.98 Å². The van der Waals surface area contributed by atoms with Gasteiger partial charge >= 0.3 is 0 Å². The summed E-state index contributed by atoms with van der Waals surface area (Å²) in [5, 5.41) is 5.44. The number of nitrogens with two attached hydrogens (primary N) is 1. The second-order valence-electron chi connectivity index (χ2n) is 5.11. The van der Waals surface area contributed by atoms with Gasteiger partial charge in [0.2, 0.25) is 0 Å². The largest absolute Gasteiger partial charge is 0.399 e. The highest BCUT2D eigenvalue weighted by Gasteiger charge is 2.21. The molecule has 1 heterocycles. The maximum Gasteiger partial charge on any atom is 0.184 e. The number of nitrogens with one attached hydrogen (secondary N) is 1. The lowest BCUT2D eigenvalue weighted by atomic mass is 9.95. The van der Waals surface area contributed by atoms with Crippen molar-refractivity contribution in [2.24, 2.45) is 0 Å². The first-order valence-electron chi connectivity index (χ1n) is 6.70. The van der Waals surface area contributed by atoms with E-state index in [1.165, 1.54) is 30.4 Å². The number of rotatable bonds is 3. The van der Waals surface area contributed by atoms with Crippen molar-refractivity contribution in [3.63, 3.8) is 0 Å². The Labute approximate surface area is 122 Å². The van der Waals surface area contributed by atoms with Gasteiger partial charge in [-0.3, -0.25) is 0 Å². The molecule has 2 atom stereocenters. The third-order valence-corrected chi connectivity index (χ3v) is 5.74. The number of hydrogen-bond donors (Lipinski definition) is 2. The lowest BCUT2D eigenvalue weighted by Crippen LogP contribution is -2.28. The van der Waals surface area contributed by atoms with E-state index in [0.29, 0.717) is 6.04 Å². The fourth-order valence-corrected chi connectivity index (χ4v) is 4.49. The van der Waals surface area contributed by atoms with E-state index in [1.807, 2.05) is 30.0 Å². The highest BCUT2D eigenvalue weighted by atomic mass is 32.2. The lowest BCUT2D eigenvalue weighted by Gasteiger charge is -2.28. The van der Waals surface area contributed by atoms with Gasteiger partial charge in [-0.1, -0.05) is 17.8 Å². The summed E-state index contributed by atoms with van der Waals surface area (Å²) in [6.45, 7) is 0. The Balaban J connectivity index is 1.74. The normalized spacial score (nSPS) is 23.6. The first-order chi connectivity index (χ1) is 9.24. The van der Waals surface area contributed by atoms with Crippen LogP contribution in [0.4, 0.5) is 10.8 Å². The van der Waals surface area contributed by atoms with Crippen molar-refractivity contribution < 1.29 is 0 Å². The molecule has 0 spiro atoms. The lowest BCUT2D eigenvalue weighted by molar-refractivity contribution is 0.473. The van der Waals surface area contributed by atoms with E-state index in [9.17, 15) is 0 Å². The van der Waals surface area contributed by atoms with Gasteiger partial charge in [0.15, 0.2) is 5.13 Å². The maximum atomic E-state index is 5.81. The van der Waals surface area contributed by atoms with Crippen LogP contribution in [0.2, 0.25) is 0 Å². The molecule has 1 aromatic heterocycles. The maximum absolute atomic E-state index is 5.81. The van der Waals surface area contributed by atoms with Crippen LogP contribution in [-0.2, 0) is 0 Å². The van der Waals surface area contributed by atoms with Crippen LogP contribution in [0.1, 0.15) is 25.7 Å². The van der Waals surface area contributed by atoms with Crippen LogP contribution in [0, 0.1) is 0 Å². The van der Waals surface area contributed by atoms with Crippen molar-refractivity contribution >= 4 is 44.1 Å². The summed E-state index contributed by atoms with van der Waals surface area (Å²) >= 11 is 3.70. The van der Waals surface area contributed by atoms with E-state index in [-0.39, 0.29) is 0 Å². The second kappa shape index (κ2) is 5.59.